The van der Waals surface area contributed by atoms with Gasteiger partial charge >= 0.3 is 0 Å². The maximum Gasteiger partial charge on any atom is 0.225 e. The molecule has 5 rings (SSSR count). The van der Waals surface area contributed by atoms with Gasteiger partial charge < -0.3 is 19.2 Å². The fraction of sp³-hybridized carbons (Fsp3) is 0.591. The molecule has 7 nitrogen and oxygen atoms in total. The Labute approximate surface area is 180 Å². The highest BCUT2D eigenvalue weighted by Crippen LogP contribution is 2.48. The molecule has 0 aliphatic heterocycles. The Kier molecular flexibility index (Phi) is 5.47. The number of rotatable bonds is 6. The minimum absolute atomic E-state index is 0.201. The van der Waals surface area contributed by atoms with Gasteiger partial charge in [-0.1, -0.05) is 0 Å². The molecule has 3 aromatic heterocycles. The van der Waals surface area contributed by atoms with Gasteiger partial charge in [0.05, 0.1) is 11.6 Å². The molecule has 3 aromatic rings. The lowest BCUT2D eigenvalue weighted by molar-refractivity contribution is 0.108. The quantitative estimate of drug-likeness (QED) is 0.633. The van der Waals surface area contributed by atoms with Gasteiger partial charge in [-0.25, -0.2) is 15.0 Å². The van der Waals surface area contributed by atoms with E-state index in [1.165, 1.54) is 16.7 Å². The maximum absolute atomic E-state index is 10.6. The van der Waals surface area contributed by atoms with Crippen LogP contribution in [0.4, 0.5) is 0 Å². The van der Waals surface area contributed by atoms with Gasteiger partial charge in [-0.05, 0) is 70.5 Å². The maximum atomic E-state index is 10.6. The molecule has 2 aliphatic carbocycles. The van der Waals surface area contributed by atoms with Crippen LogP contribution in [0.3, 0.4) is 0 Å². The first-order valence-electron chi connectivity index (χ1n) is 10.8. The summed E-state index contributed by atoms with van der Waals surface area (Å²) in [4.78, 5) is 17.8. The van der Waals surface area contributed by atoms with E-state index < -0.39 is 6.10 Å². The van der Waals surface area contributed by atoms with Gasteiger partial charge in [0.15, 0.2) is 0 Å². The highest BCUT2D eigenvalue weighted by Gasteiger charge is 2.33. The highest BCUT2D eigenvalue weighted by molar-refractivity contribution is 7.19. The van der Waals surface area contributed by atoms with E-state index in [0.29, 0.717) is 24.2 Å². The number of thiophene rings is 1. The molecule has 0 bridgehead atoms. The lowest BCUT2D eigenvalue weighted by Crippen LogP contribution is -2.35. The molecular weight excluding hydrogens is 400 g/mol. The van der Waals surface area contributed by atoms with E-state index in [9.17, 15) is 5.11 Å². The molecule has 3 heterocycles. The Balaban J connectivity index is 1.39. The van der Waals surface area contributed by atoms with Crippen LogP contribution < -0.4 is 4.74 Å². The number of fused-ring (bicyclic) bond motifs is 3. The first kappa shape index (κ1) is 19.9. The Hall–Kier alpha value is -2.03. The van der Waals surface area contributed by atoms with Crippen molar-refractivity contribution in [2.24, 2.45) is 0 Å². The summed E-state index contributed by atoms with van der Waals surface area (Å²) in [5, 5.41) is 11.6. The zero-order valence-corrected chi connectivity index (χ0v) is 18.3. The third kappa shape index (κ3) is 3.72. The first-order valence-corrected chi connectivity index (χ1v) is 11.6. The topological polar surface area (TPSA) is 84.5 Å². The van der Waals surface area contributed by atoms with Crippen molar-refractivity contribution in [3.63, 3.8) is 0 Å². The lowest BCUT2D eigenvalue weighted by atomic mass is 9.92. The van der Waals surface area contributed by atoms with E-state index in [1.54, 1.807) is 23.9 Å². The molecule has 0 spiro atoms. The van der Waals surface area contributed by atoms with Crippen molar-refractivity contribution in [2.75, 3.05) is 14.1 Å². The van der Waals surface area contributed by atoms with Crippen molar-refractivity contribution in [1.82, 2.24) is 19.9 Å². The first-order chi connectivity index (χ1) is 14.6. The number of aliphatic hydroxyl groups excluding tert-OH is 1. The summed E-state index contributed by atoms with van der Waals surface area (Å²) in [7, 11) is 4.31. The molecule has 1 fully saturated rings. The molecule has 1 unspecified atom stereocenters. The summed E-state index contributed by atoms with van der Waals surface area (Å²) in [6, 6.07) is 0.641. The van der Waals surface area contributed by atoms with Gasteiger partial charge in [0, 0.05) is 10.9 Å². The number of hydrogen-bond acceptors (Lipinski definition) is 8. The van der Waals surface area contributed by atoms with Crippen molar-refractivity contribution in [3.8, 4) is 5.88 Å². The normalized spacial score (nSPS) is 25.0. The third-order valence-electron chi connectivity index (χ3n) is 6.59. The van der Waals surface area contributed by atoms with Crippen LogP contribution in [0.2, 0.25) is 0 Å². The molecule has 0 aromatic carbocycles. The SMILES string of the molecule is CN(C)[C@H]1CC[C@H](Oc2ncnc3sc4c(c23)[C@@H](CC(O)c2ncco2)CC4)CC1. The van der Waals surface area contributed by atoms with E-state index in [-0.39, 0.29) is 12.0 Å². The number of oxazole rings is 1. The second-order valence-corrected chi connectivity index (χ2v) is 9.75. The van der Waals surface area contributed by atoms with Gasteiger partial charge in [-0.15, -0.1) is 11.3 Å². The predicted molar refractivity (Wildman–Crippen MR) is 115 cm³/mol. The standard InChI is InChI=1S/C22H28N4O3S/c1-26(2)14-4-6-15(7-5-14)29-21-19-18-13(11-16(27)20-23-9-10-28-20)3-8-17(18)30-22(19)25-12-24-21/h9-10,12-16,27H,3-8,11H2,1-2H3/t13-,14-,15-,16?/m1/s1. The van der Waals surface area contributed by atoms with E-state index in [4.69, 9.17) is 9.15 Å². The lowest BCUT2D eigenvalue weighted by Gasteiger charge is -2.32. The van der Waals surface area contributed by atoms with Crippen LogP contribution in [0, 0.1) is 0 Å². The average molecular weight is 429 g/mol. The van der Waals surface area contributed by atoms with E-state index in [1.807, 2.05) is 0 Å². The molecule has 2 atom stereocenters. The Morgan fingerprint density at radius 3 is 2.77 bits per heavy atom. The molecule has 160 valence electrons. The summed E-state index contributed by atoms with van der Waals surface area (Å²) >= 11 is 1.74. The van der Waals surface area contributed by atoms with Crippen molar-refractivity contribution < 1.29 is 14.3 Å². The summed E-state index contributed by atoms with van der Waals surface area (Å²) in [6.07, 6.45) is 11.2. The van der Waals surface area contributed by atoms with Crippen molar-refractivity contribution in [2.45, 2.75) is 69.1 Å². The zero-order valence-electron chi connectivity index (χ0n) is 17.5. The van der Waals surface area contributed by atoms with Crippen molar-refractivity contribution >= 4 is 21.6 Å². The Bertz CT molecular complexity index is 995. The van der Waals surface area contributed by atoms with Crippen LogP contribution in [0.5, 0.6) is 5.88 Å². The van der Waals surface area contributed by atoms with Crippen LogP contribution >= 0.6 is 11.3 Å². The van der Waals surface area contributed by atoms with Gasteiger partial charge in [0.25, 0.3) is 0 Å². The van der Waals surface area contributed by atoms with Crippen molar-refractivity contribution in [1.29, 1.82) is 0 Å². The number of ether oxygens (including phenoxy) is 1. The Morgan fingerprint density at radius 2 is 2.03 bits per heavy atom. The molecule has 0 amide bonds. The molecule has 2 aliphatic rings. The molecule has 8 heteroatoms. The van der Waals surface area contributed by atoms with Crippen LogP contribution in [0.1, 0.15) is 66.9 Å². The minimum atomic E-state index is -0.707. The fourth-order valence-electron chi connectivity index (χ4n) is 4.97. The van der Waals surface area contributed by atoms with Gasteiger partial charge in [-0.2, -0.15) is 0 Å². The predicted octanol–water partition coefficient (Wildman–Crippen LogP) is 4.08. The molecule has 0 radical (unpaired) electrons. The fourth-order valence-corrected chi connectivity index (χ4v) is 6.20. The second-order valence-electron chi connectivity index (χ2n) is 8.67. The molecule has 1 saturated carbocycles. The van der Waals surface area contributed by atoms with Gasteiger partial charge in [-0.3, -0.25) is 0 Å². The van der Waals surface area contributed by atoms with Crippen molar-refractivity contribution in [3.05, 3.63) is 35.1 Å². The average Bonchev–Trinajstić information content (AvgIpc) is 3.46. The number of aromatic nitrogens is 3. The summed E-state index contributed by atoms with van der Waals surface area (Å²) in [5.74, 6) is 1.32. The van der Waals surface area contributed by atoms with Gasteiger partial charge in [0.2, 0.25) is 11.8 Å². The number of nitrogens with zero attached hydrogens (tertiary/aromatic N) is 4. The summed E-state index contributed by atoms with van der Waals surface area (Å²) < 4.78 is 11.8. The monoisotopic (exact) mass is 428 g/mol. The van der Waals surface area contributed by atoms with Gasteiger partial charge in [0.1, 0.15) is 29.6 Å². The number of hydrogen-bond donors (Lipinski definition) is 1. The van der Waals surface area contributed by atoms with E-state index in [2.05, 4.69) is 33.9 Å². The Morgan fingerprint density at radius 1 is 1.20 bits per heavy atom. The minimum Gasteiger partial charge on any atom is -0.474 e. The van der Waals surface area contributed by atoms with Crippen LogP contribution in [-0.4, -0.2) is 51.2 Å². The second kappa shape index (κ2) is 8.24. The number of aryl methyl sites for hydroxylation is 1. The summed E-state index contributed by atoms with van der Waals surface area (Å²) in [5.41, 5.74) is 1.26. The van der Waals surface area contributed by atoms with Crippen LogP contribution in [0.15, 0.2) is 23.2 Å². The third-order valence-corrected chi connectivity index (χ3v) is 7.77. The van der Waals surface area contributed by atoms with Crippen LogP contribution in [0.25, 0.3) is 10.2 Å². The smallest absolute Gasteiger partial charge is 0.225 e. The highest BCUT2D eigenvalue weighted by atomic mass is 32.1. The largest absolute Gasteiger partial charge is 0.474 e. The number of aliphatic hydroxyl groups is 1. The molecular formula is C22H28N4O3S. The molecule has 1 N–H and O–H groups in total. The summed E-state index contributed by atoms with van der Waals surface area (Å²) in [6.45, 7) is 0. The van der Waals surface area contributed by atoms with E-state index in [0.717, 1.165) is 48.7 Å². The van der Waals surface area contributed by atoms with Crippen LogP contribution in [-0.2, 0) is 6.42 Å². The zero-order chi connectivity index (χ0) is 20.7. The molecule has 30 heavy (non-hydrogen) atoms. The molecule has 0 saturated heterocycles. The van der Waals surface area contributed by atoms with E-state index >= 15 is 0 Å².